The van der Waals surface area contributed by atoms with Crippen molar-refractivity contribution in [3.8, 4) is 5.75 Å². The number of hydrogen-bond donors (Lipinski definition) is 1. The maximum Gasteiger partial charge on any atom is 0.146 e. The first-order chi connectivity index (χ1) is 11.2. The summed E-state index contributed by atoms with van der Waals surface area (Å²) in [7, 11) is 2.07. The number of benzene rings is 1. The Kier molecular flexibility index (Phi) is 3.79. The highest BCUT2D eigenvalue weighted by Crippen LogP contribution is 2.34. The van der Waals surface area contributed by atoms with Gasteiger partial charge in [-0.1, -0.05) is 18.2 Å². The summed E-state index contributed by atoms with van der Waals surface area (Å²) in [5, 5.41) is 8.82. The number of aromatic nitrogens is 3. The quantitative estimate of drug-likeness (QED) is 0.928. The zero-order valence-electron chi connectivity index (χ0n) is 13.5. The van der Waals surface area contributed by atoms with Crippen LogP contribution in [0.15, 0.2) is 24.3 Å². The van der Waals surface area contributed by atoms with Crippen LogP contribution in [-0.2, 0) is 20.1 Å². The molecule has 0 spiro atoms. The van der Waals surface area contributed by atoms with Crippen molar-refractivity contribution in [2.24, 2.45) is 12.8 Å². The largest absolute Gasteiger partial charge is 0.492 e. The third-order valence-corrected chi connectivity index (χ3v) is 4.94. The molecule has 1 aliphatic heterocycles. The lowest BCUT2D eigenvalue weighted by atomic mass is 9.80. The first-order valence-electron chi connectivity index (χ1n) is 8.27. The summed E-state index contributed by atoms with van der Waals surface area (Å²) in [6, 6.07) is 8.59. The van der Waals surface area contributed by atoms with E-state index in [1.807, 2.05) is 12.1 Å². The minimum atomic E-state index is 0.333. The molecule has 2 heterocycles. The number of ether oxygens (including phenoxy) is 1. The van der Waals surface area contributed by atoms with Gasteiger partial charge < -0.3 is 15.0 Å². The van der Waals surface area contributed by atoms with Crippen molar-refractivity contribution in [1.82, 2.24) is 19.7 Å². The average molecular weight is 313 g/mol. The number of hydrogen-bond acceptors (Lipinski definition) is 5. The molecule has 122 valence electrons. The molecule has 2 N–H and O–H groups in total. The fourth-order valence-corrected chi connectivity index (χ4v) is 3.46. The van der Waals surface area contributed by atoms with Gasteiger partial charge in [0.15, 0.2) is 0 Å². The predicted molar refractivity (Wildman–Crippen MR) is 87.0 cm³/mol. The normalized spacial score (nSPS) is 24.4. The maximum absolute atomic E-state index is 5.90. The van der Waals surface area contributed by atoms with Gasteiger partial charge in [-0.2, -0.15) is 0 Å². The molecule has 0 unspecified atom stereocenters. The maximum atomic E-state index is 5.90. The molecule has 0 saturated heterocycles. The Labute approximate surface area is 136 Å². The molecule has 0 amide bonds. The highest BCUT2D eigenvalue weighted by Gasteiger charge is 2.31. The van der Waals surface area contributed by atoms with E-state index in [0.29, 0.717) is 18.6 Å². The van der Waals surface area contributed by atoms with Crippen LogP contribution in [0.3, 0.4) is 0 Å². The van der Waals surface area contributed by atoms with Crippen LogP contribution >= 0.6 is 0 Å². The molecule has 0 bridgehead atoms. The third-order valence-electron chi connectivity index (χ3n) is 4.94. The van der Waals surface area contributed by atoms with Crippen LogP contribution in [0.1, 0.15) is 36.0 Å². The second-order valence-corrected chi connectivity index (χ2v) is 6.63. The number of nitrogens with zero attached hydrogens (tertiary/aromatic N) is 4. The third kappa shape index (κ3) is 2.84. The van der Waals surface area contributed by atoms with Crippen molar-refractivity contribution in [2.45, 2.75) is 37.9 Å². The highest BCUT2D eigenvalue weighted by molar-refractivity contribution is 5.33. The summed E-state index contributed by atoms with van der Waals surface area (Å²) in [5.74, 6) is 3.56. The van der Waals surface area contributed by atoms with Gasteiger partial charge in [0.2, 0.25) is 0 Å². The standard InChI is InChI=1S/C17H23N5O/c1-21-16(19-20-17(21)13-8-14(18)9-13)11-22-6-7-23-15-5-3-2-4-12(15)10-22/h2-5,13-14H,6-11,18H2,1H3. The molecule has 2 aliphatic rings. The smallest absolute Gasteiger partial charge is 0.146 e. The summed E-state index contributed by atoms with van der Waals surface area (Å²) in [4.78, 5) is 2.37. The lowest BCUT2D eigenvalue weighted by Gasteiger charge is -2.31. The van der Waals surface area contributed by atoms with E-state index in [4.69, 9.17) is 10.5 Å². The summed E-state index contributed by atoms with van der Waals surface area (Å²) in [6.07, 6.45) is 2.05. The van der Waals surface area contributed by atoms with Gasteiger partial charge in [-0.15, -0.1) is 10.2 Å². The second kappa shape index (κ2) is 5.94. The van der Waals surface area contributed by atoms with E-state index in [9.17, 15) is 0 Å². The molecule has 1 fully saturated rings. The Bertz CT molecular complexity index is 692. The van der Waals surface area contributed by atoms with Crippen LogP contribution in [0.4, 0.5) is 0 Å². The van der Waals surface area contributed by atoms with E-state index in [2.05, 4.69) is 38.8 Å². The fraction of sp³-hybridized carbons (Fsp3) is 0.529. The Morgan fingerprint density at radius 1 is 1.26 bits per heavy atom. The number of rotatable bonds is 3. The summed E-state index contributed by atoms with van der Waals surface area (Å²) < 4.78 is 7.98. The van der Waals surface area contributed by atoms with Gasteiger partial charge in [-0.05, 0) is 18.9 Å². The minimum Gasteiger partial charge on any atom is -0.492 e. The van der Waals surface area contributed by atoms with E-state index >= 15 is 0 Å². The fourth-order valence-electron chi connectivity index (χ4n) is 3.46. The molecule has 1 aliphatic carbocycles. The van der Waals surface area contributed by atoms with Crippen LogP contribution in [0.5, 0.6) is 5.75 Å². The van der Waals surface area contributed by atoms with Gasteiger partial charge in [-0.25, -0.2) is 0 Å². The molecule has 0 radical (unpaired) electrons. The molecule has 0 atom stereocenters. The molecular formula is C17H23N5O. The van der Waals surface area contributed by atoms with Crippen molar-refractivity contribution in [1.29, 1.82) is 0 Å². The monoisotopic (exact) mass is 313 g/mol. The Morgan fingerprint density at radius 3 is 2.91 bits per heavy atom. The molecule has 2 aromatic rings. The van der Waals surface area contributed by atoms with Crippen molar-refractivity contribution in [3.05, 3.63) is 41.5 Å². The number of para-hydroxylation sites is 1. The molecule has 1 saturated carbocycles. The van der Waals surface area contributed by atoms with Crippen LogP contribution in [0.2, 0.25) is 0 Å². The van der Waals surface area contributed by atoms with Gasteiger partial charge in [0.1, 0.15) is 24.0 Å². The van der Waals surface area contributed by atoms with Gasteiger partial charge in [0.05, 0.1) is 6.54 Å². The zero-order valence-corrected chi connectivity index (χ0v) is 13.5. The SMILES string of the molecule is Cn1c(CN2CCOc3ccccc3C2)nnc1C1CC(N)C1. The lowest BCUT2D eigenvalue weighted by molar-refractivity contribution is 0.213. The van der Waals surface area contributed by atoms with E-state index in [-0.39, 0.29) is 0 Å². The summed E-state index contributed by atoms with van der Waals surface area (Å²) in [5.41, 5.74) is 7.13. The zero-order chi connectivity index (χ0) is 15.8. The average Bonchev–Trinajstić information content (AvgIpc) is 2.75. The Hall–Kier alpha value is -1.92. The number of fused-ring (bicyclic) bond motifs is 1. The van der Waals surface area contributed by atoms with Crippen molar-refractivity contribution in [2.75, 3.05) is 13.2 Å². The first-order valence-corrected chi connectivity index (χ1v) is 8.27. The topological polar surface area (TPSA) is 69.2 Å². The molecule has 1 aromatic carbocycles. The van der Waals surface area contributed by atoms with Crippen molar-refractivity contribution >= 4 is 0 Å². The van der Waals surface area contributed by atoms with Gasteiger partial charge in [0.25, 0.3) is 0 Å². The second-order valence-electron chi connectivity index (χ2n) is 6.63. The van der Waals surface area contributed by atoms with Gasteiger partial charge in [-0.3, -0.25) is 4.90 Å². The molecule has 23 heavy (non-hydrogen) atoms. The van der Waals surface area contributed by atoms with Gasteiger partial charge in [0, 0.05) is 37.7 Å². The molecule has 4 rings (SSSR count). The molecule has 6 heteroatoms. The molecular weight excluding hydrogens is 290 g/mol. The van der Waals surface area contributed by atoms with Crippen molar-refractivity contribution in [3.63, 3.8) is 0 Å². The van der Waals surface area contributed by atoms with Gasteiger partial charge >= 0.3 is 0 Å². The summed E-state index contributed by atoms with van der Waals surface area (Å²) >= 11 is 0. The number of nitrogens with two attached hydrogens (primary N) is 1. The minimum absolute atomic E-state index is 0.333. The van der Waals surface area contributed by atoms with Crippen LogP contribution < -0.4 is 10.5 Å². The van der Waals surface area contributed by atoms with Crippen LogP contribution in [-0.4, -0.2) is 38.9 Å². The van der Waals surface area contributed by atoms with Crippen LogP contribution in [0.25, 0.3) is 0 Å². The van der Waals surface area contributed by atoms with E-state index < -0.39 is 0 Å². The van der Waals surface area contributed by atoms with E-state index in [1.165, 1.54) is 5.56 Å². The van der Waals surface area contributed by atoms with Crippen molar-refractivity contribution < 1.29 is 4.74 Å². The van der Waals surface area contributed by atoms with E-state index in [1.54, 1.807) is 0 Å². The Morgan fingerprint density at radius 2 is 2.09 bits per heavy atom. The summed E-state index contributed by atoms with van der Waals surface area (Å²) in [6.45, 7) is 3.27. The first kappa shape index (κ1) is 14.7. The molecule has 6 nitrogen and oxygen atoms in total. The lowest BCUT2D eigenvalue weighted by Crippen LogP contribution is -2.36. The highest BCUT2D eigenvalue weighted by atomic mass is 16.5. The Balaban J connectivity index is 1.48. The van der Waals surface area contributed by atoms with Crippen LogP contribution in [0, 0.1) is 0 Å². The van der Waals surface area contributed by atoms with E-state index in [0.717, 1.165) is 49.9 Å². The molecule has 1 aromatic heterocycles. The predicted octanol–water partition coefficient (Wildman–Crippen LogP) is 1.41.